The lowest BCUT2D eigenvalue weighted by Crippen LogP contribution is -2.45. The number of rotatable bonds is 5. The zero-order chi connectivity index (χ0) is 17.8. The van der Waals surface area contributed by atoms with Crippen LogP contribution in [0.1, 0.15) is 16.8 Å². The van der Waals surface area contributed by atoms with E-state index in [1.165, 1.54) is 11.1 Å². The van der Waals surface area contributed by atoms with Crippen molar-refractivity contribution in [3.05, 3.63) is 77.9 Å². The summed E-state index contributed by atoms with van der Waals surface area (Å²) in [4.78, 5) is 9.25. The summed E-state index contributed by atoms with van der Waals surface area (Å²) in [6.45, 7) is 8.45. The third-order valence-electron chi connectivity index (χ3n) is 5.01. The minimum atomic E-state index is 0.972. The van der Waals surface area contributed by atoms with Crippen molar-refractivity contribution in [3.63, 3.8) is 0 Å². The molecule has 5 heteroatoms. The van der Waals surface area contributed by atoms with Crippen molar-refractivity contribution in [3.8, 4) is 5.69 Å². The first-order chi connectivity index (χ1) is 12.8. The molecule has 1 saturated heterocycles. The van der Waals surface area contributed by atoms with Crippen LogP contribution in [0.15, 0.2) is 61.1 Å². The summed E-state index contributed by atoms with van der Waals surface area (Å²) in [5, 5.41) is 4.69. The van der Waals surface area contributed by atoms with Gasteiger partial charge < -0.3 is 0 Å². The smallest absolute Gasteiger partial charge is 0.0645 e. The summed E-state index contributed by atoms with van der Waals surface area (Å²) >= 11 is 0. The molecule has 0 atom stereocenters. The van der Waals surface area contributed by atoms with Crippen LogP contribution in [0.2, 0.25) is 0 Å². The van der Waals surface area contributed by atoms with Gasteiger partial charge in [0.05, 0.1) is 11.4 Å². The minimum Gasteiger partial charge on any atom is -0.296 e. The molecule has 4 rings (SSSR count). The summed E-state index contributed by atoms with van der Waals surface area (Å²) in [7, 11) is 0. The van der Waals surface area contributed by atoms with E-state index in [9.17, 15) is 0 Å². The first kappa shape index (κ1) is 16.9. The normalized spacial score (nSPS) is 16.0. The molecule has 0 amide bonds. The molecule has 2 aromatic heterocycles. The van der Waals surface area contributed by atoms with E-state index < -0.39 is 0 Å². The monoisotopic (exact) mass is 347 g/mol. The maximum absolute atomic E-state index is 4.69. The van der Waals surface area contributed by atoms with Crippen LogP contribution in [0.3, 0.4) is 0 Å². The maximum Gasteiger partial charge on any atom is 0.0645 e. The molecule has 0 radical (unpaired) electrons. The van der Waals surface area contributed by atoms with Gasteiger partial charge in [0, 0.05) is 63.4 Å². The number of aryl methyl sites for hydroxylation is 1. The van der Waals surface area contributed by atoms with Crippen molar-refractivity contribution in [2.75, 3.05) is 26.2 Å². The molecule has 3 heterocycles. The van der Waals surface area contributed by atoms with Gasteiger partial charge in [-0.05, 0) is 30.7 Å². The largest absolute Gasteiger partial charge is 0.296 e. The van der Waals surface area contributed by atoms with Gasteiger partial charge in [-0.25, -0.2) is 4.68 Å². The summed E-state index contributed by atoms with van der Waals surface area (Å²) in [5.41, 5.74) is 4.84. The second kappa shape index (κ2) is 7.81. The number of para-hydroxylation sites is 1. The summed E-state index contributed by atoms with van der Waals surface area (Å²) < 4.78 is 1.99. The highest BCUT2D eigenvalue weighted by atomic mass is 15.3. The van der Waals surface area contributed by atoms with Gasteiger partial charge in [0.25, 0.3) is 0 Å². The number of piperazine rings is 1. The Hall–Kier alpha value is -2.50. The van der Waals surface area contributed by atoms with Crippen molar-refractivity contribution in [2.24, 2.45) is 0 Å². The topological polar surface area (TPSA) is 37.2 Å². The average Bonchev–Trinajstić information content (AvgIpc) is 3.05. The zero-order valence-electron chi connectivity index (χ0n) is 15.3. The predicted octanol–water partition coefficient (Wildman–Crippen LogP) is 2.89. The average molecular weight is 347 g/mol. The van der Waals surface area contributed by atoms with Gasteiger partial charge in [0.15, 0.2) is 0 Å². The molecule has 0 spiro atoms. The molecule has 1 aliphatic heterocycles. The maximum atomic E-state index is 4.69. The highest BCUT2D eigenvalue weighted by molar-refractivity contribution is 5.32. The standard InChI is InChI=1S/C21H25N5/c1-18-20(17-26(23-18)21-7-3-2-4-8-21)16-25-12-10-24(11-13-25)15-19-6-5-9-22-14-19/h2-9,14,17H,10-13,15-16H2,1H3. The van der Waals surface area contributed by atoms with Crippen LogP contribution < -0.4 is 0 Å². The molecule has 0 bridgehead atoms. The number of hydrogen-bond acceptors (Lipinski definition) is 4. The van der Waals surface area contributed by atoms with E-state index in [0.717, 1.165) is 50.6 Å². The van der Waals surface area contributed by atoms with Gasteiger partial charge in [-0.1, -0.05) is 24.3 Å². The first-order valence-electron chi connectivity index (χ1n) is 9.22. The summed E-state index contributed by atoms with van der Waals surface area (Å²) in [5.74, 6) is 0. The van der Waals surface area contributed by atoms with Crippen LogP contribution >= 0.6 is 0 Å². The second-order valence-corrected chi connectivity index (χ2v) is 6.93. The highest BCUT2D eigenvalue weighted by Gasteiger charge is 2.18. The molecule has 3 aromatic rings. The Bertz CT molecular complexity index is 820. The van der Waals surface area contributed by atoms with Crippen molar-refractivity contribution in [1.29, 1.82) is 0 Å². The highest BCUT2D eigenvalue weighted by Crippen LogP contribution is 2.15. The number of hydrogen-bond donors (Lipinski definition) is 0. The Morgan fingerprint density at radius 3 is 2.31 bits per heavy atom. The van der Waals surface area contributed by atoms with Crippen molar-refractivity contribution >= 4 is 0 Å². The molecule has 26 heavy (non-hydrogen) atoms. The Labute approximate surface area is 154 Å². The zero-order valence-corrected chi connectivity index (χ0v) is 15.3. The van der Waals surface area contributed by atoms with Gasteiger partial charge >= 0.3 is 0 Å². The van der Waals surface area contributed by atoms with Gasteiger partial charge in [-0.2, -0.15) is 5.10 Å². The quantitative estimate of drug-likeness (QED) is 0.711. The number of nitrogens with zero attached hydrogens (tertiary/aromatic N) is 5. The van der Waals surface area contributed by atoms with E-state index in [4.69, 9.17) is 0 Å². The molecule has 0 aliphatic carbocycles. The number of benzene rings is 1. The van der Waals surface area contributed by atoms with Crippen LogP contribution in [0, 0.1) is 6.92 Å². The summed E-state index contributed by atoms with van der Waals surface area (Å²) in [6.07, 6.45) is 5.97. The lowest BCUT2D eigenvalue weighted by atomic mass is 10.2. The molecule has 5 nitrogen and oxygen atoms in total. The van der Waals surface area contributed by atoms with Crippen molar-refractivity contribution in [1.82, 2.24) is 24.6 Å². The Morgan fingerprint density at radius 2 is 1.62 bits per heavy atom. The van der Waals surface area contributed by atoms with Crippen molar-refractivity contribution in [2.45, 2.75) is 20.0 Å². The third kappa shape index (κ3) is 4.00. The molecular weight excluding hydrogens is 322 g/mol. The lowest BCUT2D eigenvalue weighted by Gasteiger charge is -2.34. The molecule has 134 valence electrons. The van der Waals surface area contributed by atoms with E-state index in [2.05, 4.69) is 51.2 Å². The van der Waals surface area contributed by atoms with E-state index in [-0.39, 0.29) is 0 Å². The molecule has 0 N–H and O–H groups in total. The fourth-order valence-electron chi connectivity index (χ4n) is 3.46. The van der Waals surface area contributed by atoms with Crippen LogP contribution in [0.4, 0.5) is 0 Å². The molecule has 0 unspecified atom stereocenters. The van der Waals surface area contributed by atoms with Crippen LogP contribution in [-0.2, 0) is 13.1 Å². The van der Waals surface area contributed by atoms with Crippen LogP contribution in [-0.4, -0.2) is 50.7 Å². The third-order valence-corrected chi connectivity index (χ3v) is 5.01. The van der Waals surface area contributed by atoms with Gasteiger partial charge in [-0.3, -0.25) is 14.8 Å². The van der Waals surface area contributed by atoms with E-state index >= 15 is 0 Å². The molecule has 1 aliphatic rings. The van der Waals surface area contributed by atoms with Gasteiger partial charge in [0.2, 0.25) is 0 Å². The molecule has 0 saturated carbocycles. The molecule has 1 aromatic carbocycles. The van der Waals surface area contributed by atoms with E-state index in [1.807, 2.05) is 41.3 Å². The molecule has 1 fully saturated rings. The fourth-order valence-corrected chi connectivity index (χ4v) is 3.46. The van der Waals surface area contributed by atoms with Crippen molar-refractivity contribution < 1.29 is 0 Å². The van der Waals surface area contributed by atoms with E-state index in [0.29, 0.717) is 0 Å². The SMILES string of the molecule is Cc1nn(-c2ccccc2)cc1CN1CCN(Cc2cccnc2)CC1. The van der Waals surface area contributed by atoms with Gasteiger partial charge in [0.1, 0.15) is 0 Å². The molecular formula is C21H25N5. The Balaban J connectivity index is 1.34. The summed E-state index contributed by atoms with van der Waals surface area (Å²) in [6, 6.07) is 14.5. The number of aromatic nitrogens is 3. The van der Waals surface area contributed by atoms with E-state index in [1.54, 1.807) is 0 Å². The van der Waals surface area contributed by atoms with Crippen LogP contribution in [0.5, 0.6) is 0 Å². The van der Waals surface area contributed by atoms with Gasteiger partial charge in [-0.15, -0.1) is 0 Å². The van der Waals surface area contributed by atoms with Crippen LogP contribution in [0.25, 0.3) is 5.69 Å². The number of pyridine rings is 1. The second-order valence-electron chi connectivity index (χ2n) is 6.93. The lowest BCUT2D eigenvalue weighted by molar-refractivity contribution is 0.122. The first-order valence-corrected chi connectivity index (χ1v) is 9.22. The predicted molar refractivity (Wildman–Crippen MR) is 103 cm³/mol. The minimum absolute atomic E-state index is 0.972. The Morgan fingerprint density at radius 1 is 0.885 bits per heavy atom. The Kier molecular flexibility index (Phi) is 5.09. The fraction of sp³-hybridized carbons (Fsp3) is 0.333.